The molecule has 75 valence electrons. The van der Waals surface area contributed by atoms with Gasteiger partial charge in [-0.3, -0.25) is 0 Å². The van der Waals surface area contributed by atoms with Gasteiger partial charge in [-0.15, -0.1) is 17.0 Å². The van der Waals surface area contributed by atoms with Gasteiger partial charge in [0.1, 0.15) is 0 Å². The molecule has 0 aliphatic carbocycles. The summed E-state index contributed by atoms with van der Waals surface area (Å²) in [6, 6.07) is 14.1. The van der Waals surface area contributed by atoms with Gasteiger partial charge in [0.05, 0.1) is 0 Å². The molecular weight excluding hydrogens is 317 g/mol. The van der Waals surface area contributed by atoms with E-state index in [1.54, 1.807) is 6.20 Å². The number of nitrogens with zero attached hydrogens (tertiary/aromatic N) is 2. The fourth-order valence-electron chi connectivity index (χ4n) is 1.44. The van der Waals surface area contributed by atoms with Gasteiger partial charge in [0.15, 0.2) is 0 Å². The standard InChI is InChI=1S/C12H7N2.BrH.Zn/c13-8-11-9-14-7-6-12(11)10-4-2-1-3-5-10;;/h1-6,9H;1H;. The molecule has 1 aromatic carbocycles. The summed E-state index contributed by atoms with van der Waals surface area (Å²) in [5.74, 6) is 0. The molecule has 2 rings (SSSR count). The van der Waals surface area contributed by atoms with Crippen molar-refractivity contribution >= 4 is 21.3 Å². The zero-order valence-electron chi connectivity index (χ0n) is 8.55. The van der Waals surface area contributed by atoms with Crippen molar-refractivity contribution in [1.29, 1.82) is 5.26 Å². The Morgan fingerprint density at radius 3 is 2.50 bits per heavy atom. The number of hydrogen-bond donors (Lipinski definition) is 0. The molecule has 0 spiro atoms. The molecule has 1 aromatic heterocycles. The zero-order chi connectivity index (χ0) is 10.7. The Morgan fingerprint density at radius 2 is 1.88 bits per heavy atom. The molecule has 0 unspecified atom stereocenters. The number of pyridine rings is 1. The van der Waals surface area contributed by atoms with Crippen LogP contribution >= 0.6 is 17.0 Å². The van der Waals surface area contributed by atoms with Gasteiger partial charge in [-0.05, 0) is 0 Å². The third-order valence-corrected chi connectivity index (χ3v) is 2.98. The molecule has 0 bridgehead atoms. The molecule has 0 atom stereocenters. The number of hydrogen-bond acceptors (Lipinski definition) is 2. The summed E-state index contributed by atoms with van der Waals surface area (Å²) in [4.78, 5) is 4.17. The van der Waals surface area contributed by atoms with Crippen LogP contribution in [0.3, 0.4) is 0 Å². The van der Waals surface area contributed by atoms with Crippen LogP contribution in [0, 0.1) is 11.3 Å². The van der Waals surface area contributed by atoms with Crippen LogP contribution in [0.4, 0.5) is 0 Å². The van der Waals surface area contributed by atoms with Crippen molar-refractivity contribution in [3.8, 4) is 17.2 Å². The topological polar surface area (TPSA) is 36.7 Å². The van der Waals surface area contributed by atoms with Crippen LogP contribution in [0.25, 0.3) is 11.1 Å². The Morgan fingerprint density at radius 1 is 1.19 bits per heavy atom. The molecule has 0 aliphatic rings. The first-order valence-electron chi connectivity index (χ1n) is 4.59. The summed E-state index contributed by atoms with van der Waals surface area (Å²) in [5.41, 5.74) is 2.69. The van der Waals surface area contributed by atoms with Gasteiger partial charge in [-0.1, -0.05) is 0 Å². The van der Waals surface area contributed by atoms with E-state index in [0.717, 1.165) is 33.7 Å². The van der Waals surface area contributed by atoms with Gasteiger partial charge >= 0.3 is 98.2 Å². The zero-order valence-corrected chi connectivity index (χ0v) is 13.2. The number of halogens is 1. The Hall–Kier alpha value is -1.04. The number of rotatable bonds is 1. The first kappa shape index (κ1) is 13.0. The van der Waals surface area contributed by atoms with E-state index in [-0.39, 0.29) is 17.0 Å². The number of benzene rings is 1. The van der Waals surface area contributed by atoms with E-state index >= 15 is 0 Å². The average molecular weight is 326 g/mol. The van der Waals surface area contributed by atoms with Crippen LogP contribution in [0.5, 0.6) is 0 Å². The van der Waals surface area contributed by atoms with Crippen molar-refractivity contribution < 1.29 is 18.3 Å². The maximum absolute atomic E-state index is 8.99. The summed E-state index contributed by atoms with van der Waals surface area (Å²) in [6.45, 7) is 0. The van der Waals surface area contributed by atoms with Crippen molar-refractivity contribution in [3.05, 3.63) is 48.2 Å². The summed E-state index contributed by atoms with van der Waals surface area (Å²) >= 11 is 1.01. The van der Waals surface area contributed by atoms with E-state index in [9.17, 15) is 0 Å². The predicted octanol–water partition coefficient (Wildman–Crippen LogP) is 2.37. The van der Waals surface area contributed by atoms with E-state index in [1.165, 1.54) is 0 Å². The molecule has 0 radical (unpaired) electrons. The van der Waals surface area contributed by atoms with Crippen molar-refractivity contribution in [2.45, 2.75) is 0 Å². The van der Waals surface area contributed by atoms with Crippen LogP contribution in [-0.4, -0.2) is 4.98 Å². The van der Waals surface area contributed by atoms with E-state index in [4.69, 9.17) is 5.26 Å². The third-order valence-electron chi connectivity index (χ3n) is 2.17. The Labute approximate surface area is 115 Å². The summed E-state index contributed by atoms with van der Waals surface area (Å²) in [7, 11) is 0. The van der Waals surface area contributed by atoms with Crippen molar-refractivity contribution in [2.24, 2.45) is 0 Å². The van der Waals surface area contributed by atoms with Crippen LogP contribution in [0.2, 0.25) is 0 Å². The first-order chi connectivity index (χ1) is 7.31. The SMILES string of the molecule is Br.N#Cc1cn[c]([Zn])cc1-c1ccccc1. The molecule has 0 aliphatic heterocycles. The molecule has 2 nitrogen and oxygen atoms in total. The van der Waals surface area contributed by atoms with Crippen LogP contribution in [0.1, 0.15) is 5.56 Å². The molecule has 16 heavy (non-hydrogen) atoms. The average Bonchev–Trinajstić information content (AvgIpc) is 2.30. The monoisotopic (exact) mass is 323 g/mol. The van der Waals surface area contributed by atoms with Crippen molar-refractivity contribution in [3.63, 3.8) is 0 Å². The quantitative estimate of drug-likeness (QED) is 0.755. The van der Waals surface area contributed by atoms with Crippen LogP contribution in [-0.2, 0) is 18.3 Å². The van der Waals surface area contributed by atoms with Crippen LogP contribution < -0.4 is 4.29 Å². The molecule has 2 aromatic rings. The molecular formula is C12H8BrN2Zn. The first-order valence-corrected chi connectivity index (χ1v) is 6.07. The molecule has 0 saturated heterocycles. The molecule has 0 amide bonds. The number of aromatic nitrogens is 1. The summed E-state index contributed by atoms with van der Waals surface area (Å²) in [6.07, 6.45) is 1.65. The fourth-order valence-corrected chi connectivity index (χ4v) is 2.06. The van der Waals surface area contributed by atoms with E-state index < -0.39 is 0 Å². The Balaban J connectivity index is 0.00000128. The van der Waals surface area contributed by atoms with E-state index in [0.29, 0.717) is 5.56 Å². The van der Waals surface area contributed by atoms with Crippen LogP contribution in [0.15, 0.2) is 42.6 Å². The van der Waals surface area contributed by atoms with E-state index in [2.05, 4.69) is 11.1 Å². The summed E-state index contributed by atoms with van der Waals surface area (Å²) in [5, 5.41) is 8.99. The normalized spacial score (nSPS) is 9.06. The molecule has 0 fully saturated rings. The molecule has 1 heterocycles. The molecule has 0 saturated carbocycles. The van der Waals surface area contributed by atoms with Gasteiger partial charge in [0, 0.05) is 0 Å². The predicted molar refractivity (Wildman–Crippen MR) is 64.3 cm³/mol. The Kier molecular flexibility index (Phi) is 4.80. The molecule has 0 N–H and O–H groups in total. The number of nitriles is 1. The second kappa shape index (κ2) is 5.89. The van der Waals surface area contributed by atoms with Crippen molar-refractivity contribution in [1.82, 2.24) is 4.98 Å². The van der Waals surface area contributed by atoms with Gasteiger partial charge in [0.2, 0.25) is 0 Å². The Bertz CT molecular complexity index is 520. The second-order valence-corrected chi connectivity index (χ2v) is 4.72. The fraction of sp³-hybridized carbons (Fsp3) is 0. The van der Waals surface area contributed by atoms with Gasteiger partial charge in [-0.2, -0.15) is 0 Å². The summed E-state index contributed by atoms with van der Waals surface area (Å²) < 4.78 is 1.05. The van der Waals surface area contributed by atoms with Crippen molar-refractivity contribution in [2.75, 3.05) is 0 Å². The van der Waals surface area contributed by atoms with E-state index in [1.807, 2.05) is 36.4 Å². The molecule has 4 heteroatoms. The minimum atomic E-state index is 0. The van der Waals surface area contributed by atoms with Gasteiger partial charge in [0.25, 0.3) is 0 Å². The van der Waals surface area contributed by atoms with Gasteiger partial charge < -0.3 is 0 Å². The van der Waals surface area contributed by atoms with Gasteiger partial charge in [-0.25, -0.2) is 0 Å². The second-order valence-electron chi connectivity index (χ2n) is 3.20. The minimum absolute atomic E-state index is 0. The maximum atomic E-state index is 8.99. The third kappa shape index (κ3) is 2.75.